The molecule has 3 heterocycles. The summed E-state index contributed by atoms with van der Waals surface area (Å²) < 4.78 is 20.4. The number of carbonyl (C=O) groups excluding carboxylic acids is 1. The van der Waals surface area contributed by atoms with Crippen molar-refractivity contribution in [3.05, 3.63) is 65.6 Å². The van der Waals surface area contributed by atoms with Crippen molar-refractivity contribution < 1.29 is 13.9 Å². The van der Waals surface area contributed by atoms with Crippen LogP contribution in [0.25, 0.3) is 11.1 Å². The van der Waals surface area contributed by atoms with Crippen molar-refractivity contribution in [2.24, 2.45) is 0 Å². The summed E-state index contributed by atoms with van der Waals surface area (Å²) >= 11 is 0. The first-order valence-electron chi connectivity index (χ1n) is 11.9. The van der Waals surface area contributed by atoms with E-state index in [1.54, 1.807) is 18.5 Å². The van der Waals surface area contributed by atoms with Gasteiger partial charge in [0.15, 0.2) is 5.82 Å². The van der Waals surface area contributed by atoms with Crippen molar-refractivity contribution >= 4 is 26.7 Å². The molecule has 2 unspecified atom stereocenters. The molecule has 0 radical (unpaired) electrons. The van der Waals surface area contributed by atoms with E-state index in [1.807, 2.05) is 49.1 Å². The molecule has 2 aromatic heterocycles. The van der Waals surface area contributed by atoms with Crippen LogP contribution in [0.5, 0.6) is 5.75 Å². The molecule has 35 heavy (non-hydrogen) atoms. The fraction of sp³-hybridized carbons (Fsp3) is 0.370. The summed E-state index contributed by atoms with van der Waals surface area (Å²) in [4.78, 5) is 24.2. The van der Waals surface area contributed by atoms with Crippen LogP contribution in [0, 0.1) is 6.92 Å². The number of nitrogens with one attached hydrogen (secondary N) is 1. The molecule has 1 saturated heterocycles. The van der Waals surface area contributed by atoms with Gasteiger partial charge in [-0.25, -0.2) is 9.37 Å². The highest BCUT2D eigenvalue weighted by Crippen LogP contribution is 2.41. The Morgan fingerprint density at radius 1 is 1.23 bits per heavy atom. The van der Waals surface area contributed by atoms with E-state index >= 15 is 0 Å². The second kappa shape index (κ2) is 10.3. The van der Waals surface area contributed by atoms with Crippen molar-refractivity contribution in [2.45, 2.75) is 45.4 Å². The average Bonchev–Trinajstić information content (AvgIpc) is 3.20. The molecule has 184 valence electrons. The van der Waals surface area contributed by atoms with Gasteiger partial charge in [0.1, 0.15) is 11.2 Å². The number of nitrogens with zero attached hydrogens (tertiary/aromatic N) is 3. The van der Waals surface area contributed by atoms with E-state index in [9.17, 15) is 9.18 Å². The summed E-state index contributed by atoms with van der Waals surface area (Å²) in [7, 11) is 2.30. The van der Waals surface area contributed by atoms with Gasteiger partial charge in [0, 0.05) is 36.6 Å². The van der Waals surface area contributed by atoms with Gasteiger partial charge in [0.2, 0.25) is 0 Å². The number of halogens is 1. The van der Waals surface area contributed by atoms with Gasteiger partial charge < -0.3 is 15.0 Å². The molecule has 1 aromatic carbocycles. The van der Waals surface area contributed by atoms with Gasteiger partial charge in [-0.2, -0.15) is 0 Å². The zero-order valence-electron chi connectivity index (χ0n) is 20.6. The van der Waals surface area contributed by atoms with Crippen LogP contribution in [0.2, 0.25) is 0 Å². The zero-order valence-corrected chi connectivity index (χ0v) is 21.8. The Bertz CT molecular complexity index is 1210. The van der Waals surface area contributed by atoms with E-state index in [0.29, 0.717) is 36.6 Å². The summed E-state index contributed by atoms with van der Waals surface area (Å²) in [6.07, 6.45) is 3.66. The Morgan fingerprint density at radius 2 is 2.03 bits per heavy atom. The van der Waals surface area contributed by atoms with Gasteiger partial charge in [-0.1, -0.05) is 29.2 Å². The maximum Gasteiger partial charge on any atom is 0.257 e. The van der Waals surface area contributed by atoms with Crippen LogP contribution in [0.1, 0.15) is 54.7 Å². The molecule has 1 N–H and O–H groups in total. The average molecular weight is 495 g/mol. The fourth-order valence-corrected chi connectivity index (χ4v) is 4.58. The zero-order chi connectivity index (χ0) is 25.2. The number of ether oxygens (including phenoxy) is 1. The SMILES string of the molecule is CCOc1ccc(C)c(-c2ccnc(N3CCC(F)(P)C3)c2NC(=O)c2ccc(C(C)C)nc2)c1. The minimum absolute atomic E-state index is 0.180. The van der Waals surface area contributed by atoms with Crippen molar-refractivity contribution in [1.29, 1.82) is 0 Å². The van der Waals surface area contributed by atoms with Gasteiger partial charge in [-0.15, -0.1) is 0 Å². The Kier molecular flexibility index (Phi) is 7.36. The smallest absolute Gasteiger partial charge is 0.257 e. The monoisotopic (exact) mass is 494 g/mol. The first kappa shape index (κ1) is 25.1. The van der Waals surface area contributed by atoms with E-state index in [2.05, 4.69) is 38.4 Å². The molecule has 1 aliphatic rings. The third-order valence-corrected chi connectivity index (χ3v) is 6.64. The van der Waals surface area contributed by atoms with Crippen molar-refractivity contribution in [3.63, 3.8) is 0 Å². The first-order valence-corrected chi connectivity index (χ1v) is 12.5. The molecule has 1 amide bonds. The van der Waals surface area contributed by atoms with Crippen LogP contribution in [0.15, 0.2) is 48.8 Å². The number of alkyl halides is 1. The molecule has 8 heteroatoms. The number of carbonyl (C=O) groups is 1. The molecular weight excluding hydrogens is 462 g/mol. The lowest BCUT2D eigenvalue weighted by Gasteiger charge is -2.24. The second-order valence-corrected chi connectivity index (χ2v) is 10.3. The summed E-state index contributed by atoms with van der Waals surface area (Å²) in [5.74, 6) is 1.27. The molecule has 4 rings (SSSR count). The summed E-state index contributed by atoms with van der Waals surface area (Å²) in [5, 5.41) is 1.68. The molecule has 6 nitrogen and oxygen atoms in total. The van der Waals surface area contributed by atoms with Crippen molar-refractivity contribution in [1.82, 2.24) is 9.97 Å². The van der Waals surface area contributed by atoms with Crippen LogP contribution < -0.4 is 15.0 Å². The number of rotatable bonds is 7. The Balaban J connectivity index is 1.78. The number of hydrogen-bond acceptors (Lipinski definition) is 5. The van der Waals surface area contributed by atoms with Gasteiger partial charge in [-0.05, 0) is 61.2 Å². The predicted molar refractivity (Wildman–Crippen MR) is 142 cm³/mol. The minimum Gasteiger partial charge on any atom is -0.494 e. The summed E-state index contributed by atoms with van der Waals surface area (Å²) in [6.45, 7) is 9.29. The number of aryl methyl sites for hydroxylation is 1. The Hall–Kier alpha value is -3.05. The summed E-state index contributed by atoms with van der Waals surface area (Å²) in [5.41, 5.74) is 4.65. The lowest BCUT2D eigenvalue weighted by atomic mass is 9.99. The third kappa shape index (κ3) is 5.62. The van der Waals surface area contributed by atoms with Crippen LogP contribution in [-0.2, 0) is 0 Å². The van der Waals surface area contributed by atoms with Gasteiger partial charge in [-0.3, -0.25) is 9.78 Å². The highest BCUT2D eigenvalue weighted by Gasteiger charge is 2.36. The summed E-state index contributed by atoms with van der Waals surface area (Å²) in [6, 6.07) is 11.4. The number of hydrogen-bond donors (Lipinski definition) is 1. The van der Waals surface area contributed by atoms with Crippen LogP contribution in [0.4, 0.5) is 15.9 Å². The Morgan fingerprint density at radius 3 is 2.66 bits per heavy atom. The van der Waals surface area contributed by atoms with Gasteiger partial charge >= 0.3 is 0 Å². The lowest BCUT2D eigenvalue weighted by Crippen LogP contribution is -2.26. The predicted octanol–water partition coefficient (Wildman–Crippen LogP) is 5.98. The lowest BCUT2D eigenvalue weighted by molar-refractivity contribution is 0.102. The van der Waals surface area contributed by atoms with Gasteiger partial charge in [0.05, 0.1) is 24.4 Å². The van der Waals surface area contributed by atoms with Crippen molar-refractivity contribution in [2.75, 3.05) is 29.9 Å². The highest BCUT2D eigenvalue weighted by atomic mass is 31.0. The number of anilines is 2. The molecule has 0 aliphatic carbocycles. The fourth-order valence-electron chi connectivity index (χ4n) is 4.23. The van der Waals surface area contributed by atoms with E-state index in [0.717, 1.165) is 28.1 Å². The molecule has 2 atom stereocenters. The topological polar surface area (TPSA) is 67.3 Å². The molecule has 1 aliphatic heterocycles. The normalized spacial score (nSPS) is 17.6. The van der Waals surface area contributed by atoms with E-state index < -0.39 is 5.41 Å². The number of pyridine rings is 2. The highest BCUT2D eigenvalue weighted by molar-refractivity contribution is 7.18. The van der Waals surface area contributed by atoms with Crippen LogP contribution in [0.3, 0.4) is 0 Å². The second-order valence-electron chi connectivity index (χ2n) is 9.25. The quantitative estimate of drug-likeness (QED) is 0.410. The van der Waals surface area contributed by atoms with E-state index in [4.69, 9.17) is 4.74 Å². The number of amides is 1. The van der Waals surface area contributed by atoms with E-state index in [-0.39, 0.29) is 18.4 Å². The molecule has 0 bridgehead atoms. The standard InChI is InChI=1S/C27H32FN4O2P/c1-5-34-20-8-6-18(4)22(14-20)21-10-12-29-25(32-13-11-27(28,35)16-32)24(21)31-26(33)19-7-9-23(17(2)3)30-15-19/h6-10,12,14-15,17H,5,11,13,16,35H2,1-4H3,(H,31,33). The van der Waals surface area contributed by atoms with E-state index in [1.165, 1.54) is 0 Å². The molecule has 3 aromatic rings. The molecular formula is C27H32FN4O2P. The largest absolute Gasteiger partial charge is 0.494 e. The molecule has 1 fully saturated rings. The Labute approximate surface area is 208 Å². The minimum atomic E-state index is -1.39. The first-order chi connectivity index (χ1) is 16.7. The maximum absolute atomic E-state index is 14.7. The molecule has 0 saturated carbocycles. The van der Waals surface area contributed by atoms with Crippen LogP contribution in [-0.4, -0.2) is 41.0 Å². The van der Waals surface area contributed by atoms with Gasteiger partial charge in [0.25, 0.3) is 5.91 Å². The third-order valence-electron chi connectivity index (χ3n) is 6.17. The van der Waals surface area contributed by atoms with Crippen molar-refractivity contribution in [3.8, 4) is 16.9 Å². The maximum atomic E-state index is 14.7. The van der Waals surface area contributed by atoms with Crippen LogP contribution >= 0.6 is 9.24 Å². The number of aromatic nitrogens is 2. The number of benzene rings is 1. The molecule has 0 spiro atoms.